The first-order chi connectivity index (χ1) is 10.2. The van der Waals surface area contributed by atoms with E-state index in [1.165, 1.54) is 25.7 Å². The molecule has 1 atom stereocenters. The van der Waals surface area contributed by atoms with Gasteiger partial charge in [0.25, 0.3) is 0 Å². The predicted octanol–water partition coefficient (Wildman–Crippen LogP) is 4.24. The Labute approximate surface area is 127 Å². The number of rotatable bonds is 3. The van der Waals surface area contributed by atoms with Gasteiger partial charge in [0, 0.05) is 12.0 Å². The number of hydrogen-bond acceptors (Lipinski definition) is 3. The van der Waals surface area contributed by atoms with Crippen molar-refractivity contribution in [1.29, 1.82) is 0 Å². The third kappa shape index (κ3) is 2.89. The van der Waals surface area contributed by atoms with E-state index in [0.717, 1.165) is 35.8 Å². The number of benzene rings is 1. The third-order valence-corrected chi connectivity index (χ3v) is 5.18. The summed E-state index contributed by atoms with van der Waals surface area (Å²) in [6.07, 6.45) is 7.47. The van der Waals surface area contributed by atoms with Crippen LogP contribution in [0.2, 0.25) is 0 Å². The molecule has 3 rings (SSSR count). The van der Waals surface area contributed by atoms with Gasteiger partial charge < -0.3 is 14.6 Å². The number of aliphatic hydroxyl groups is 1. The second-order valence-corrected chi connectivity index (χ2v) is 6.64. The smallest absolute Gasteiger partial charge is 0.126 e. The topological polar surface area (TPSA) is 38.7 Å². The molecule has 21 heavy (non-hydrogen) atoms. The highest BCUT2D eigenvalue weighted by molar-refractivity contribution is 5.43. The first-order valence-electron chi connectivity index (χ1n) is 8.21. The summed E-state index contributed by atoms with van der Waals surface area (Å²) in [4.78, 5) is 0. The zero-order chi connectivity index (χ0) is 14.9. The van der Waals surface area contributed by atoms with E-state index in [1.807, 2.05) is 18.2 Å². The lowest BCUT2D eigenvalue weighted by Gasteiger charge is -2.45. The van der Waals surface area contributed by atoms with Gasteiger partial charge in [-0.25, -0.2) is 0 Å². The van der Waals surface area contributed by atoms with Crippen molar-refractivity contribution in [2.45, 2.75) is 63.6 Å². The van der Waals surface area contributed by atoms with Crippen LogP contribution in [0.15, 0.2) is 18.2 Å². The van der Waals surface area contributed by atoms with Crippen molar-refractivity contribution < 1.29 is 14.6 Å². The fourth-order valence-electron chi connectivity index (χ4n) is 3.95. The van der Waals surface area contributed by atoms with Crippen LogP contribution < -0.4 is 9.47 Å². The van der Waals surface area contributed by atoms with Crippen molar-refractivity contribution in [1.82, 2.24) is 0 Å². The zero-order valence-electron chi connectivity index (χ0n) is 13.1. The maximum Gasteiger partial charge on any atom is 0.126 e. The number of ether oxygens (including phenoxy) is 2. The minimum Gasteiger partial charge on any atom is -0.497 e. The van der Waals surface area contributed by atoms with E-state index in [4.69, 9.17) is 9.47 Å². The second-order valence-electron chi connectivity index (χ2n) is 6.64. The van der Waals surface area contributed by atoms with Gasteiger partial charge in [-0.2, -0.15) is 0 Å². The molecular weight excluding hydrogens is 264 g/mol. The van der Waals surface area contributed by atoms with Crippen molar-refractivity contribution in [3.05, 3.63) is 23.8 Å². The first-order valence-corrected chi connectivity index (χ1v) is 8.21. The van der Waals surface area contributed by atoms with Crippen LogP contribution >= 0.6 is 0 Å². The summed E-state index contributed by atoms with van der Waals surface area (Å²) < 4.78 is 11.6. The van der Waals surface area contributed by atoms with E-state index >= 15 is 0 Å². The van der Waals surface area contributed by atoms with Crippen LogP contribution in [0.25, 0.3) is 0 Å². The van der Waals surface area contributed by atoms with Crippen molar-refractivity contribution in [3.63, 3.8) is 0 Å². The summed E-state index contributed by atoms with van der Waals surface area (Å²) in [5.41, 5.74) is 0.723. The van der Waals surface area contributed by atoms with E-state index in [9.17, 15) is 5.11 Å². The lowest BCUT2D eigenvalue weighted by molar-refractivity contribution is -0.0475. The summed E-state index contributed by atoms with van der Waals surface area (Å²) in [5, 5.41) is 10.5. The van der Waals surface area contributed by atoms with Gasteiger partial charge >= 0.3 is 0 Å². The Morgan fingerprint density at radius 1 is 1.33 bits per heavy atom. The molecule has 1 aromatic carbocycles. The summed E-state index contributed by atoms with van der Waals surface area (Å²) in [7, 11) is 1.65. The largest absolute Gasteiger partial charge is 0.497 e. The normalized spacial score (nSPS) is 31.6. The standard InChI is InChI=1S/C18H26O3/c1-3-4-13-7-9-18(10-8-13)12-16(19)15-11-14(20-2)5-6-17(15)21-18/h5-6,11,13,16,19H,3-4,7-10,12H2,1-2H3/t13?,16-,18?/m0/s1. The molecule has 3 heteroatoms. The van der Waals surface area contributed by atoms with Crippen molar-refractivity contribution in [3.8, 4) is 11.5 Å². The van der Waals surface area contributed by atoms with Gasteiger partial charge in [0.05, 0.1) is 13.2 Å². The van der Waals surface area contributed by atoms with Gasteiger partial charge in [-0.1, -0.05) is 19.8 Å². The molecule has 1 fully saturated rings. The number of fused-ring (bicyclic) bond motifs is 1. The van der Waals surface area contributed by atoms with Crippen LogP contribution in [0.4, 0.5) is 0 Å². The van der Waals surface area contributed by atoms with Crippen LogP contribution in [0, 0.1) is 5.92 Å². The Kier molecular flexibility index (Phi) is 4.12. The second kappa shape index (κ2) is 5.88. The highest BCUT2D eigenvalue weighted by Crippen LogP contribution is 2.48. The summed E-state index contributed by atoms with van der Waals surface area (Å²) >= 11 is 0. The average Bonchev–Trinajstić information content (AvgIpc) is 2.50. The zero-order valence-corrected chi connectivity index (χ0v) is 13.1. The van der Waals surface area contributed by atoms with Crippen molar-refractivity contribution in [2.75, 3.05) is 7.11 Å². The highest BCUT2D eigenvalue weighted by atomic mass is 16.5. The molecule has 1 aliphatic heterocycles. The molecule has 116 valence electrons. The molecule has 0 radical (unpaired) electrons. The first kappa shape index (κ1) is 14.7. The van der Waals surface area contributed by atoms with Crippen LogP contribution in [0.1, 0.15) is 63.5 Å². The molecule has 1 saturated carbocycles. The fourth-order valence-corrected chi connectivity index (χ4v) is 3.95. The minimum atomic E-state index is -0.438. The van der Waals surface area contributed by atoms with Gasteiger partial charge in [0.1, 0.15) is 17.1 Å². The molecule has 1 N–H and O–H groups in total. The van der Waals surface area contributed by atoms with Crippen LogP contribution in [0.3, 0.4) is 0 Å². The predicted molar refractivity (Wildman–Crippen MR) is 82.8 cm³/mol. The summed E-state index contributed by atoms with van der Waals surface area (Å²) in [6.45, 7) is 2.26. The highest BCUT2D eigenvalue weighted by Gasteiger charge is 2.43. The molecule has 2 aliphatic rings. The maximum atomic E-state index is 10.5. The molecular formula is C18H26O3. The Hall–Kier alpha value is -1.22. The maximum absolute atomic E-state index is 10.5. The summed E-state index contributed by atoms with van der Waals surface area (Å²) in [5.74, 6) is 2.46. The molecule has 1 aromatic rings. The molecule has 1 spiro atoms. The van der Waals surface area contributed by atoms with Gasteiger partial charge in [-0.15, -0.1) is 0 Å². The summed E-state index contributed by atoms with van der Waals surface area (Å²) in [6, 6.07) is 5.75. The van der Waals surface area contributed by atoms with Gasteiger partial charge in [-0.05, 0) is 49.8 Å². The van der Waals surface area contributed by atoms with E-state index in [1.54, 1.807) is 7.11 Å². The Morgan fingerprint density at radius 3 is 2.76 bits per heavy atom. The molecule has 0 aromatic heterocycles. The molecule has 0 amide bonds. The third-order valence-electron chi connectivity index (χ3n) is 5.18. The number of hydrogen-bond donors (Lipinski definition) is 1. The lowest BCUT2D eigenvalue weighted by atomic mass is 9.73. The molecule has 0 bridgehead atoms. The van der Waals surface area contributed by atoms with Crippen molar-refractivity contribution in [2.24, 2.45) is 5.92 Å². The number of aliphatic hydroxyl groups excluding tert-OH is 1. The van der Waals surface area contributed by atoms with Crippen molar-refractivity contribution >= 4 is 0 Å². The fraction of sp³-hybridized carbons (Fsp3) is 0.667. The quantitative estimate of drug-likeness (QED) is 0.905. The van der Waals surface area contributed by atoms with Crippen LogP contribution in [-0.4, -0.2) is 17.8 Å². The number of methoxy groups -OCH3 is 1. The Morgan fingerprint density at radius 2 is 2.10 bits per heavy atom. The SMILES string of the molecule is CCCC1CCC2(CC1)C[C@H](O)c1cc(OC)ccc1O2. The molecule has 0 saturated heterocycles. The Balaban J connectivity index is 1.76. The Bertz CT molecular complexity index is 489. The minimum absolute atomic E-state index is 0.148. The van der Waals surface area contributed by atoms with E-state index in [0.29, 0.717) is 6.42 Å². The lowest BCUT2D eigenvalue weighted by Crippen LogP contribution is -2.44. The van der Waals surface area contributed by atoms with Gasteiger partial charge in [-0.3, -0.25) is 0 Å². The van der Waals surface area contributed by atoms with E-state index in [2.05, 4.69) is 6.92 Å². The van der Waals surface area contributed by atoms with E-state index in [-0.39, 0.29) is 5.60 Å². The van der Waals surface area contributed by atoms with Gasteiger partial charge in [0.2, 0.25) is 0 Å². The monoisotopic (exact) mass is 290 g/mol. The van der Waals surface area contributed by atoms with E-state index < -0.39 is 6.10 Å². The van der Waals surface area contributed by atoms with Gasteiger partial charge in [0.15, 0.2) is 0 Å². The van der Waals surface area contributed by atoms with Crippen LogP contribution in [-0.2, 0) is 0 Å². The molecule has 1 aliphatic carbocycles. The molecule has 1 heterocycles. The average molecular weight is 290 g/mol. The molecule has 0 unspecified atom stereocenters. The van der Waals surface area contributed by atoms with Crippen LogP contribution in [0.5, 0.6) is 11.5 Å². The molecule has 3 nitrogen and oxygen atoms in total.